The predicted octanol–water partition coefficient (Wildman–Crippen LogP) is 3.53. The molecule has 2 saturated heterocycles. The maximum absolute atomic E-state index is 13.0. The van der Waals surface area contributed by atoms with Crippen LogP contribution in [-0.4, -0.2) is 49.1 Å². The average Bonchev–Trinajstić information content (AvgIpc) is 3.40. The molecule has 0 radical (unpaired) electrons. The molecule has 2 aromatic carbocycles. The molecule has 3 amide bonds. The van der Waals surface area contributed by atoms with Crippen LogP contribution in [0.15, 0.2) is 42.5 Å². The summed E-state index contributed by atoms with van der Waals surface area (Å²) in [5, 5.41) is 7.02. The van der Waals surface area contributed by atoms with Gasteiger partial charge in [-0.15, -0.1) is 0 Å². The van der Waals surface area contributed by atoms with Crippen LogP contribution in [0.5, 0.6) is 0 Å². The van der Waals surface area contributed by atoms with Crippen molar-refractivity contribution in [3.05, 3.63) is 53.6 Å². The van der Waals surface area contributed by atoms with E-state index in [0.717, 1.165) is 47.8 Å². The number of fused-ring (bicyclic) bond motifs is 1. The van der Waals surface area contributed by atoms with Crippen molar-refractivity contribution >= 4 is 44.3 Å². The summed E-state index contributed by atoms with van der Waals surface area (Å²) in [6.07, 6.45) is 1.95. The molecule has 31 heavy (non-hydrogen) atoms. The average molecular weight is 436 g/mol. The molecule has 2 aliphatic rings. The van der Waals surface area contributed by atoms with Crippen LogP contribution >= 0.6 is 11.3 Å². The number of benzene rings is 2. The molecule has 7 nitrogen and oxygen atoms in total. The van der Waals surface area contributed by atoms with Crippen LogP contribution in [0.25, 0.3) is 10.2 Å². The lowest BCUT2D eigenvalue weighted by Crippen LogP contribution is -2.47. The van der Waals surface area contributed by atoms with Crippen LogP contribution in [-0.2, 0) is 0 Å². The molecule has 2 fully saturated rings. The van der Waals surface area contributed by atoms with Gasteiger partial charge in [0.2, 0.25) is 0 Å². The number of carbonyl (C=O) groups is 2. The minimum atomic E-state index is -0.112. The smallest absolute Gasteiger partial charge is 0.322 e. The number of rotatable bonds is 4. The van der Waals surface area contributed by atoms with Gasteiger partial charge in [0.1, 0.15) is 0 Å². The zero-order valence-electron chi connectivity index (χ0n) is 17.4. The SMILES string of the molecule is Cc1ccc(C(=O)N[C@H]2CCCN(c3nc4ccccc4s3)C2)cc1N1CCNC1=O. The molecule has 8 heteroatoms. The lowest BCUT2D eigenvalue weighted by Gasteiger charge is -2.33. The van der Waals surface area contributed by atoms with Gasteiger partial charge in [-0.3, -0.25) is 9.69 Å². The number of para-hydroxylation sites is 1. The second kappa shape index (κ2) is 8.19. The first-order chi connectivity index (χ1) is 15.1. The zero-order valence-corrected chi connectivity index (χ0v) is 18.2. The van der Waals surface area contributed by atoms with Gasteiger partial charge in [-0.1, -0.05) is 29.5 Å². The molecular formula is C23H25N5O2S. The minimum Gasteiger partial charge on any atom is -0.348 e. The molecular weight excluding hydrogens is 410 g/mol. The van der Waals surface area contributed by atoms with Gasteiger partial charge >= 0.3 is 6.03 Å². The first-order valence-electron chi connectivity index (χ1n) is 10.7. The van der Waals surface area contributed by atoms with Crippen molar-refractivity contribution in [3.8, 4) is 0 Å². The van der Waals surface area contributed by atoms with E-state index in [-0.39, 0.29) is 18.0 Å². The standard InChI is InChI=1S/C23H25N5O2S/c1-15-8-9-16(13-19(15)28-12-10-24-22(28)30)21(29)25-17-5-4-11-27(14-17)23-26-18-6-2-3-7-20(18)31-23/h2-3,6-9,13,17H,4-5,10-12,14H2,1H3,(H,24,30)(H,25,29)/t17-/m0/s1. The molecule has 0 bridgehead atoms. The van der Waals surface area contributed by atoms with Crippen LogP contribution in [0.1, 0.15) is 28.8 Å². The van der Waals surface area contributed by atoms with Gasteiger partial charge in [0, 0.05) is 43.5 Å². The fourth-order valence-electron chi connectivity index (χ4n) is 4.28. The summed E-state index contributed by atoms with van der Waals surface area (Å²) in [6, 6.07) is 13.7. The van der Waals surface area contributed by atoms with Crippen LogP contribution < -0.4 is 20.4 Å². The molecule has 1 atom stereocenters. The molecule has 5 rings (SSSR count). The van der Waals surface area contributed by atoms with Gasteiger partial charge in [0.25, 0.3) is 5.91 Å². The van der Waals surface area contributed by atoms with E-state index in [9.17, 15) is 9.59 Å². The molecule has 0 saturated carbocycles. The number of amides is 3. The van der Waals surface area contributed by atoms with Crippen molar-refractivity contribution in [1.82, 2.24) is 15.6 Å². The highest BCUT2D eigenvalue weighted by Gasteiger charge is 2.26. The maximum Gasteiger partial charge on any atom is 0.322 e. The fourth-order valence-corrected chi connectivity index (χ4v) is 5.28. The molecule has 1 aromatic heterocycles. The molecule has 2 aliphatic heterocycles. The lowest BCUT2D eigenvalue weighted by molar-refractivity contribution is 0.0933. The summed E-state index contributed by atoms with van der Waals surface area (Å²) < 4.78 is 1.18. The Morgan fingerprint density at radius 1 is 1.23 bits per heavy atom. The van der Waals surface area contributed by atoms with Crippen molar-refractivity contribution in [1.29, 1.82) is 0 Å². The quantitative estimate of drug-likeness (QED) is 0.657. The van der Waals surface area contributed by atoms with E-state index in [1.807, 2.05) is 43.3 Å². The second-order valence-electron chi connectivity index (χ2n) is 8.11. The van der Waals surface area contributed by atoms with Crippen LogP contribution in [0.2, 0.25) is 0 Å². The Balaban J connectivity index is 1.29. The highest BCUT2D eigenvalue weighted by Crippen LogP contribution is 2.30. The Morgan fingerprint density at radius 2 is 2.10 bits per heavy atom. The van der Waals surface area contributed by atoms with Gasteiger partial charge in [-0.2, -0.15) is 0 Å². The number of thiazole rings is 1. The second-order valence-corrected chi connectivity index (χ2v) is 9.12. The van der Waals surface area contributed by atoms with E-state index in [1.54, 1.807) is 16.2 Å². The van der Waals surface area contributed by atoms with Gasteiger partial charge in [0.15, 0.2) is 5.13 Å². The number of nitrogens with one attached hydrogen (secondary N) is 2. The Bertz CT molecular complexity index is 1110. The number of nitrogens with zero attached hydrogens (tertiary/aromatic N) is 3. The number of urea groups is 1. The largest absolute Gasteiger partial charge is 0.348 e. The molecule has 0 unspecified atom stereocenters. The number of hydrogen-bond acceptors (Lipinski definition) is 5. The summed E-state index contributed by atoms with van der Waals surface area (Å²) in [4.78, 5) is 33.8. The zero-order chi connectivity index (χ0) is 21.4. The summed E-state index contributed by atoms with van der Waals surface area (Å²) in [7, 11) is 0. The summed E-state index contributed by atoms with van der Waals surface area (Å²) in [6.45, 7) is 4.90. The molecule has 0 aliphatic carbocycles. The highest BCUT2D eigenvalue weighted by atomic mass is 32.1. The first kappa shape index (κ1) is 19.8. The first-order valence-corrected chi connectivity index (χ1v) is 11.5. The summed E-state index contributed by atoms with van der Waals surface area (Å²) in [5.74, 6) is -0.1000. The van der Waals surface area contributed by atoms with E-state index in [2.05, 4.69) is 21.6 Å². The molecule has 160 valence electrons. The van der Waals surface area contributed by atoms with Crippen molar-refractivity contribution in [3.63, 3.8) is 0 Å². The van der Waals surface area contributed by atoms with Gasteiger partial charge in [0.05, 0.1) is 10.2 Å². The molecule has 2 N–H and O–H groups in total. The van der Waals surface area contributed by atoms with Crippen molar-refractivity contribution in [2.75, 3.05) is 36.0 Å². The van der Waals surface area contributed by atoms with Crippen molar-refractivity contribution < 1.29 is 9.59 Å². The van der Waals surface area contributed by atoms with Gasteiger partial charge in [-0.25, -0.2) is 9.78 Å². The monoisotopic (exact) mass is 435 g/mol. The number of aromatic nitrogens is 1. The normalized spacial score (nSPS) is 19.0. The number of anilines is 2. The number of aryl methyl sites for hydroxylation is 1. The number of piperidine rings is 1. The van der Waals surface area contributed by atoms with E-state index < -0.39 is 0 Å². The van der Waals surface area contributed by atoms with Crippen molar-refractivity contribution in [2.24, 2.45) is 0 Å². The Hall–Kier alpha value is -3.13. The lowest BCUT2D eigenvalue weighted by atomic mass is 10.0. The molecule has 0 spiro atoms. The van der Waals surface area contributed by atoms with E-state index >= 15 is 0 Å². The Labute approximate surface area is 185 Å². The minimum absolute atomic E-state index is 0.0631. The number of hydrogen-bond donors (Lipinski definition) is 2. The van der Waals surface area contributed by atoms with E-state index in [4.69, 9.17) is 4.98 Å². The van der Waals surface area contributed by atoms with Gasteiger partial charge in [-0.05, 0) is 49.6 Å². The van der Waals surface area contributed by atoms with Crippen molar-refractivity contribution in [2.45, 2.75) is 25.8 Å². The fraction of sp³-hybridized carbons (Fsp3) is 0.348. The Morgan fingerprint density at radius 3 is 2.90 bits per heavy atom. The van der Waals surface area contributed by atoms with Gasteiger partial charge < -0.3 is 15.5 Å². The molecule has 3 aromatic rings. The summed E-state index contributed by atoms with van der Waals surface area (Å²) in [5.41, 5.74) is 3.37. The van der Waals surface area contributed by atoms with Crippen LogP contribution in [0.3, 0.4) is 0 Å². The number of carbonyl (C=O) groups excluding carboxylic acids is 2. The third kappa shape index (κ3) is 3.95. The van der Waals surface area contributed by atoms with Crippen LogP contribution in [0, 0.1) is 6.92 Å². The topological polar surface area (TPSA) is 77.6 Å². The third-order valence-corrected chi connectivity index (χ3v) is 7.03. The molecule has 3 heterocycles. The summed E-state index contributed by atoms with van der Waals surface area (Å²) >= 11 is 1.70. The van der Waals surface area contributed by atoms with Crippen LogP contribution in [0.4, 0.5) is 15.6 Å². The Kier molecular flexibility index (Phi) is 5.23. The van der Waals surface area contributed by atoms with E-state index in [1.165, 1.54) is 4.70 Å². The van der Waals surface area contributed by atoms with E-state index in [0.29, 0.717) is 18.7 Å². The predicted molar refractivity (Wildman–Crippen MR) is 124 cm³/mol. The highest BCUT2D eigenvalue weighted by molar-refractivity contribution is 7.22. The third-order valence-electron chi connectivity index (χ3n) is 5.93. The maximum atomic E-state index is 13.0.